The number of aromatic nitrogens is 2. The Kier molecular flexibility index (Phi) is 12.6. The van der Waals surface area contributed by atoms with Crippen molar-refractivity contribution in [3.63, 3.8) is 0 Å². The number of anilines is 1. The molecule has 0 radical (unpaired) electrons. The summed E-state index contributed by atoms with van der Waals surface area (Å²) in [7, 11) is 3.36. The minimum atomic E-state index is -4.74. The van der Waals surface area contributed by atoms with E-state index in [4.69, 9.17) is 16.7 Å². The summed E-state index contributed by atoms with van der Waals surface area (Å²) < 4.78 is 50.4. The van der Waals surface area contributed by atoms with Crippen LogP contribution in [0.25, 0.3) is 17.5 Å². The maximum absolute atomic E-state index is 14.5. The van der Waals surface area contributed by atoms with E-state index in [1.807, 2.05) is 19.3 Å². The highest BCUT2D eigenvalue weighted by Crippen LogP contribution is 2.33. The molecule has 0 spiro atoms. The molecule has 10 nitrogen and oxygen atoms in total. The fourth-order valence-electron chi connectivity index (χ4n) is 3.62. The molecule has 42 heavy (non-hydrogen) atoms. The van der Waals surface area contributed by atoms with Crippen LogP contribution < -0.4 is 16.9 Å². The van der Waals surface area contributed by atoms with E-state index in [2.05, 4.69) is 25.4 Å². The quantitative estimate of drug-likeness (QED) is 0.0823. The van der Waals surface area contributed by atoms with Crippen LogP contribution in [0.3, 0.4) is 0 Å². The number of nitrogens with one attached hydrogen (secondary N) is 1. The van der Waals surface area contributed by atoms with Crippen LogP contribution in [0.5, 0.6) is 0 Å². The van der Waals surface area contributed by atoms with Crippen LogP contribution in [0.1, 0.15) is 53.6 Å². The Morgan fingerprint density at radius 2 is 1.98 bits per heavy atom. The molecule has 0 unspecified atom stereocenters. The predicted molar refractivity (Wildman–Crippen MR) is 151 cm³/mol. The molecule has 2 aromatic rings. The lowest BCUT2D eigenvalue weighted by Gasteiger charge is -2.14. The van der Waals surface area contributed by atoms with Crippen molar-refractivity contribution in [2.75, 3.05) is 26.4 Å². The average Bonchev–Trinajstić information content (AvgIpc) is 3.77. The summed E-state index contributed by atoms with van der Waals surface area (Å²) in [5.41, 5.74) is 11.8. The molecule has 1 aromatic heterocycles. The zero-order valence-corrected chi connectivity index (χ0v) is 23.2. The number of nitrogens with two attached hydrogens (primary N) is 2. The summed E-state index contributed by atoms with van der Waals surface area (Å²) in [6.45, 7) is 0.920. The molecular weight excluding hydrogens is 556 g/mol. The number of carbonyl (C=O) groups excluding carboxylic acids is 2. The summed E-state index contributed by atoms with van der Waals surface area (Å²) in [6, 6.07) is 4.56. The predicted octanol–water partition coefficient (Wildman–Crippen LogP) is 4.20. The van der Waals surface area contributed by atoms with E-state index in [-0.39, 0.29) is 34.6 Å². The van der Waals surface area contributed by atoms with Gasteiger partial charge in [0.05, 0.1) is 23.7 Å². The van der Waals surface area contributed by atoms with Crippen LogP contribution in [0.4, 0.5) is 23.4 Å². The molecule has 1 heterocycles. The molecule has 0 saturated heterocycles. The smallest absolute Gasteiger partial charge is 0.397 e. The van der Waals surface area contributed by atoms with Gasteiger partial charge in [-0.3, -0.25) is 9.59 Å². The van der Waals surface area contributed by atoms with Gasteiger partial charge in [-0.2, -0.15) is 23.5 Å². The Morgan fingerprint density at radius 3 is 2.52 bits per heavy atom. The number of nitriles is 1. The third kappa shape index (κ3) is 10.3. The number of benzene rings is 1. The SMILES string of the molecule is CN(/C=C\c1cc(-c2ncc(C#N)c(N)n2)c(F)cc1C=O)CCCCC1CC1.CN/N=C\C(N)=C(/C=O)C(F)(F)F. The molecule has 1 aromatic carbocycles. The maximum Gasteiger partial charge on any atom is 0.421 e. The standard InChI is InChI=1S/C22H24FN5O.C6H8F3N3O/c1-28(8-3-2-4-15-5-6-15)9-7-16-10-19(20(23)11-17(16)14-29)22-26-13-18(12-24)21(25)27-22;1-11-12-2-5(10)4(3-13)6(7,8)9/h7,9-11,13-15H,2-6,8H2,1H3,(H2,25,26,27);2-3,11H,10H2,1H3/b9-7-;5-4-,12-2-. The van der Waals surface area contributed by atoms with Gasteiger partial charge in [0.15, 0.2) is 18.4 Å². The van der Waals surface area contributed by atoms with E-state index in [0.717, 1.165) is 31.2 Å². The maximum atomic E-state index is 14.5. The summed E-state index contributed by atoms with van der Waals surface area (Å²) >= 11 is 0. The molecule has 1 saturated carbocycles. The highest BCUT2D eigenvalue weighted by Gasteiger charge is 2.35. The first-order chi connectivity index (χ1) is 19.9. The molecule has 0 atom stereocenters. The summed E-state index contributed by atoms with van der Waals surface area (Å²) in [5, 5.41) is 12.2. The number of hydrogen-bond donors (Lipinski definition) is 3. The number of nitrogen functional groups attached to an aromatic ring is 1. The minimum absolute atomic E-state index is 0.0145. The third-order valence-electron chi connectivity index (χ3n) is 6.12. The molecule has 1 fully saturated rings. The molecule has 3 rings (SSSR count). The van der Waals surface area contributed by atoms with E-state index in [0.29, 0.717) is 11.8 Å². The van der Waals surface area contributed by atoms with Gasteiger partial charge in [0, 0.05) is 26.2 Å². The topological polar surface area (TPSA) is 163 Å². The van der Waals surface area contributed by atoms with Gasteiger partial charge in [-0.15, -0.1) is 0 Å². The molecule has 0 bridgehead atoms. The summed E-state index contributed by atoms with van der Waals surface area (Å²) in [6.07, 6.45) is 7.58. The number of hydrazone groups is 1. The second-order valence-corrected chi connectivity index (χ2v) is 9.39. The van der Waals surface area contributed by atoms with Crippen molar-refractivity contribution in [1.82, 2.24) is 20.3 Å². The number of nitrogens with zero attached hydrogens (tertiary/aromatic N) is 5. The number of unbranched alkanes of at least 4 members (excludes halogenated alkanes) is 1. The van der Waals surface area contributed by atoms with Crippen LogP contribution in [0.2, 0.25) is 0 Å². The number of carbonyl (C=O) groups is 2. The van der Waals surface area contributed by atoms with E-state index in [9.17, 15) is 27.2 Å². The van der Waals surface area contributed by atoms with E-state index in [1.165, 1.54) is 45.0 Å². The van der Waals surface area contributed by atoms with Gasteiger partial charge in [-0.1, -0.05) is 25.7 Å². The monoisotopic (exact) mass is 588 g/mol. The number of allylic oxidation sites excluding steroid dienone is 2. The van der Waals surface area contributed by atoms with Gasteiger partial charge < -0.3 is 21.8 Å². The van der Waals surface area contributed by atoms with Crippen molar-refractivity contribution in [2.24, 2.45) is 16.8 Å². The fraction of sp³-hybridized carbons (Fsp3) is 0.357. The normalized spacial score (nSPS) is 13.6. The second kappa shape index (κ2) is 15.8. The van der Waals surface area contributed by atoms with Crippen LogP contribution in [-0.4, -0.2) is 60.5 Å². The van der Waals surface area contributed by atoms with Gasteiger partial charge in [0.2, 0.25) is 0 Å². The lowest BCUT2D eigenvalue weighted by atomic mass is 10.0. The molecule has 14 heteroatoms. The highest BCUT2D eigenvalue weighted by atomic mass is 19.4. The Balaban J connectivity index is 0.000000401. The van der Waals surface area contributed by atoms with Gasteiger partial charge in [0.1, 0.15) is 28.8 Å². The van der Waals surface area contributed by atoms with Crippen LogP contribution in [0, 0.1) is 23.1 Å². The Hall–Kier alpha value is -4.80. The molecular formula is C28H32F4N8O2. The Labute approximate surface area is 240 Å². The van der Waals surface area contributed by atoms with Gasteiger partial charge in [-0.05, 0) is 42.3 Å². The van der Waals surface area contributed by atoms with Crippen molar-refractivity contribution in [2.45, 2.75) is 38.3 Å². The fourth-order valence-corrected chi connectivity index (χ4v) is 3.62. The van der Waals surface area contributed by atoms with Crippen molar-refractivity contribution in [3.8, 4) is 17.5 Å². The lowest BCUT2D eigenvalue weighted by Crippen LogP contribution is -2.20. The molecule has 5 N–H and O–H groups in total. The van der Waals surface area contributed by atoms with E-state index < -0.39 is 23.3 Å². The zero-order chi connectivity index (χ0) is 31.3. The molecule has 1 aliphatic rings. The summed E-state index contributed by atoms with van der Waals surface area (Å²) in [5.74, 6) is 0.378. The number of rotatable bonds is 12. The highest BCUT2D eigenvalue weighted by molar-refractivity contribution is 5.89. The number of hydrogen-bond acceptors (Lipinski definition) is 10. The molecule has 0 amide bonds. The largest absolute Gasteiger partial charge is 0.421 e. The van der Waals surface area contributed by atoms with Crippen LogP contribution >= 0.6 is 0 Å². The lowest BCUT2D eigenvalue weighted by molar-refractivity contribution is -0.119. The Bertz CT molecular complexity index is 1380. The Morgan fingerprint density at radius 1 is 1.26 bits per heavy atom. The molecule has 224 valence electrons. The summed E-state index contributed by atoms with van der Waals surface area (Å²) in [4.78, 5) is 31.5. The minimum Gasteiger partial charge on any atom is -0.397 e. The van der Waals surface area contributed by atoms with Crippen molar-refractivity contribution < 1.29 is 27.2 Å². The van der Waals surface area contributed by atoms with Gasteiger partial charge >= 0.3 is 6.18 Å². The number of aldehydes is 2. The first-order valence-corrected chi connectivity index (χ1v) is 12.9. The van der Waals surface area contributed by atoms with Gasteiger partial charge in [0.25, 0.3) is 0 Å². The van der Waals surface area contributed by atoms with Crippen molar-refractivity contribution in [3.05, 3.63) is 58.3 Å². The van der Waals surface area contributed by atoms with Crippen LogP contribution in [-0.2, 0) is 4.79 Å². The number of halogens is 4. The van der Waals surface area contributed by atoms with Crippen molar-refractivity contribution >= 4 is 30.7 Å². The van der Waals surface area contributed by atoms with Gasteiger partial charge in [-0.25, -0.2) is 14.4 Å². The third-order valence-corrected chi connectivity index (χ3v) is 6.12. The first kappa shape index (κ1) is 33.4. The number of alkyl halides is 3. The van der Waals surface area contributed by atoms with E-state index >= 15 is 0 Å². The zero-order valence-electron chi connectivity index (χ0n) is 23.2. The van der Waals surface area contributed by atoms with Crippen LogP contribution in [0.15, 0.2) is 40.9 Å². The average molecular weight is 589 g/mol. The molecule has 1 aliphatic carbocycles. The van der Waals surface area contributed by atoms with E-state index in [1.54, 1.807) is 6.08 Å². The first-order valence-electron chi connectivity index (χ1n) is 12.9. The van der Waals surface area contributed by atoms with Crippen molar-refractivity contribution in [1.29, 1.82) is 5.26 Å². The molecule has 0 aliphatic heterocycles. The second-order valence-electron chi connectivity index (χ2n) is 9.39.